The first kappa shape index (κ1) is 29.3. The quantitative estimate of drug-likeness (QED) is 0.215. The number of hydrogen-bond donors (Lipinski definition) is 1. The van der Waals surface area contributed by atoms with Gasteiger partial charge in [0.2, 0.25) is 5.88 Å². The first-order chi connectivity index (χ1) is 19.0. The van der Waals surface area contributed by atoms with Gasteiger partial charge in [-0.2, -0.15) is 5.10 Å². The lowest BCUT2D eigenvalue weighted by Gasteiger charge is -2.34. The van der Waals surface area contributed by atoms with Crippen molar-refractivity contribution in [3.05, 3.63) is 67.2 Å². The van der Waals surface area contributed by atoms with Crippen molar-refractivity contribution in [2.24, 2.45) is 14.1 Å². The fourth-order valence-corrected chi connectivity index (χ4v) is 5.44. The number of methoxy groups -OCH3 is 1. The molecule has 0 saturated carbocycles. The van der Waals surface area contributed by atoms with Crippen molar-refractivity contribution in [3.8, 4) is 17.0 Å². The molecule has 0 aliphatic carbocycles. The van der Waals surface area contributed by atoms with Gasteiger partial charge in [-0.05, 0) is 50.9 Å². The normalized spacial score (nSPS) is 17.7. The molecule has 1 saturated heterocycles. The molecule has 1 N–H and O–H groups in total. The van der Waals surface area contributed by atoms with E-state index in [4.69, 9.17) is 9.47 Å². The van der Waals surface area contributed by atoms with Gasteiger partial charge in [0.25, 0.3) is 11.2 Å². The summed E-state index contributed by atoms with van der Waals surface area (Å²) in [5.74, 6) is -0.131. The molecule has 0 amide bonds. The molecule has 1 aliphatic heterocycles. The van der Waals surface area contributed by atoms with Gasteiger partial charge >= 0.3 is 5.97 Å². The summed E-state index contributed by atoms with van der Waals surface area (Å²) in [5.41, 5.74) is 0.858. The minimum atomic E-state index is -0.547. The maximum atomic E-state index is 12.9. The van der Waals surface area contributed by atoms with Crippen molar-refractivity contribution in [2.75, 3.05) is 38.7 Å². The average Bonchev–Trinajstić information content (AvgIpc) is 3.15. The number of pyridine rings is 1. The van der Waals surface area contributed by atoms with Crippen molar-refractivity contribution >= 4 is 33.3 Å². The zero-order chi connectivity index (χ0) is 29.0. The number of aryl methyl sites for hydroxylation is 2. The number of nitro benzene ring substituents is 1. The number of nitrogens with one attached hydrogen (secondary N) is 1. The van der Waals surface area contributed by atoms with Gasteiger partial charge in [0.15, 0.2) is 0 Å². The Hall–Kier alpha value is -3.71. The van der Waals surface area contributed by atoms with Crippen LogP contribution in [0.2, 0.25) is 0 Å². The topological polar surface area (TPSA) is 134 Å². The number of carbonyl (C=O) groups is 1. The van der Waals surface area contributed by atoms with E-state index in [0.717, 1.165) is 30.3 Å². The molecule has 40 heavy (non-hydrogen) atoms. The molecular formula is C27H33BrN6O6. The van der Waals surface area contributed by atoms with E-state index in [0.29, 0.717) is 36.8 Å². The van der Waals surface area contributed by atoms with Gasteiger partial charge in [0.05, 0.1) is 34.9 Å². The van der Waals surface area contributed by atoms with Gasteiger partial charge in [-0.25, -0.2) is 9.48 Å². The van der Waals surface area contributed by atoms with Crippen LogP contribution >= 0.6 is 15.9 Å². The molecule has 0 bridgehead atoms. The number of rotatable bonds is 9. The first-order valence-corrected chi connectivity index (χ1v) is 13.7. The van der Waals surface area contributed by atoms with Crippen molar-refractivity contribution < 1.29 is 19.2 Å². The molecule has 1 aliphatic rings. The van der Waals surface area contributed by atoms with Crippen LogP contribution in [0.5, 0.6) is 5.88 Å². The first-order valence-electron chi connectivity index (χ1n) is 12.9. The molecular weight excluding hydrogens is 584 g/mol. The summed E-state index contributed by atoms with van der Waals surface area (Å²) in [4.78, 5) is 38.5. The number of hydrogen-bond acceptors (Lipinski definition) is 9. The molecule has 3 aromatic rings. The minimum Gasteiger partial charge on any atom is -0.476 e. The minimum absolute atomic E-state index is 0.0368. The Labute approximate surface area is 240 Å². The van der Waals surface area contributed by atoms with Gasteiger partial charge in [0.1, 0.15) is 12.3 Å². The van der Waals surface area contributed by atoms with Crippen molar-refractivity contribution in [1.29, 1.82) is 0 Å². The number of aromatic nitrogens is 3. The van der Waals surface area contributed by atoms with E-state index in [1.807, 2.05) is 0 Å². The smallest absolute Gasteiger partial charge is 0.339 e. The van der Waals surface area contributed by atoms with E-state index in [1.165, 1.54) is 30.0 Å². The lowest BCUT2D eigenvalue weighted by Crippen LogP contribution is -2.46. The number of anilines is 1. The summed E-state index contributed by atoms with van der Waals surface area (Å²) < 4.78 is 14.6. The Morgan fingerprint density at radius 2 is 2.02 bits per heavy atom. The van der Waals surface area contributed by atoms with Gasteiger partial charge in [-0.15, -0.1) is 0 Å². The van der Waals surface area contributed by atoms with E-state index < -0.39 is 5.97 Å². The van der Waals surface area contributed by atoms with E-state index in [9.17, 15) is 19.7 Å². The molecule has 1 unspecified atom stereocenters. The molecule has 0 spiro atoms. The molecule has 12 nitrogen and oxygen atoms in total. The van der Waals surface area contributed by atoms with E-state index in [1.54, 1.807) is 37.1 Å². The van der Waals surface area contributed by atoms with Gasteiger partial charge < -0.3 is 19.4 Å². The molecule has 1 aromatic carbocycles. The summed E-state index contributed by atoms with van der Waals surface area (Å²) in [6.07, 6.45) is 5.81. The van der Waals surface area contributed by atoms with Crippen molar-refractivity contribution in [1.82, 2.24) is 19.2 Å². The fraction of sp³-hybridized carbons (Fsp3) is 0.444. The Balaban J connectivity index is 1.49. The third kappa shape index (κ3) is 6.53. The molecule has 214 valence electrons. The van der Waals surface area contributed by atoms with Crippen LogP contribution in [0.25, 0.3) is 11.1 Å². The Bertz CT molecular complexity index is 1470. The number of esters is 1. The summed E-state index contributed by atoms with van der Waals surface area (Å²) in [6.45, 7) is 4.54. The monoisotopic (exact) mass is 616 g/mol. The zero-order valence-electron chi connectivity index (χ0n) is 23.0. The van der Waals surface area contributed by atoms with Gasteiger partial charge in [-0.1, -0.05) is 15.9 Å². The van der Waals surface area contributed by atoms with Crippen molar-refractivity contribution in [2.45, 2.75) is 31.7 Å². The Kier molecular flexibility index (Phi) is 8.94. The van der Waals surface area contributed by atoms with Crippen LogP contribution in [0.1, 0.15) is 36.5 Å². The van der Waals surface area contributed by atoms with E-state index in [-0.39, 0.29) is 32.8 Å². The molecule has 4 rings (SSSR count). The number of carbonyl (C=O) groups excluding carboxylic acids is 1. The summed E-state index contributed by atoms with van der Waals surface area (Å²) in [7, 11) is 4.59. The van der Waals surface area contributed by atoms with Crippen LogP contribution in [0.3, 0.4) is 0 Å². The van der Waals surface area contributed by atoms with E-state index >= 15 is 0 Å². The second-order valence-corrected chi connectivity index (χ2v) is 11.1. The summed E-state index contributed by atoms with van der Waals surface area (Å²) in [5, 5.41) is 19.3. The second-order valence-electron chi connectivity index (χ2n) is 10.2. The number of nitrogens with zero attached hydrogens (tertiary/aromatic N) is 5. The highest BCUT2D eigenvalue weighted by Crippen LogP contribution is 2.33. The number of ether oxygens (including phenoxy) is 2. The number of benzene rings is 1. The van der Waals surface area contributed by atoms with Crippen LogP contribution in [0.15, 0.2) is 45.9 Å². The van der Waals surface area contributed by atoms with Crippen LogP contribution < -0.4 is 15.6 Å². The zero-order valence-corrected chi connectivity index (χ0v) is 24.6. The number of nitro groups is 1. The van der Waals surface area contributed by atoms with Crippen molar-refractivity contribution in [3.63, 3.8) is 0 Å². The highest BCUT2D eigenvalue weighted by atomic mass is 79.9. The molecule has 3 heterocycles. The summed E-state index contributed by atoms with van der Waals surface area (Å²) in [6, 6.07) is 6.39. The standard InChI is InChI=1S/C27H33BrN6O6/c1-27(30-22-14-19(28)7-8-23(22)34(37)38)9-5-6-10-33(17-27)11-12-40-25-21(15-29-32(25)3)20-13-18(26(36)39-4)16-31(2)24(20)35/h7-8,13-16,30H,5-6,9-12,17H2,1-4H3. The number of likely N-dealkylation sites (tertiary alicyclic amines) is 1. The maximum Gasteiger partial charge on any atom is 0.339 e. The lowest BCUT2D eigenvalue weighted by molar-refractivity contribution is -0.384. The van der Waals surface area contributed by atoms with E-state index in [2.05, 4.69) is 38.2 Å². The third-order valence-electron chi connectivity index (χ3n) is 7.04. The highest BCUT2D eigenvalue weighted by Gasteiger charge is 2.31. The lowest BCUT2D eigenvalue weighted by atomic mass is 9.95. The predicted molar refractivity (Wildman–Crippen MR) is 154 cm³/mol. The van der Waals surface area contributed by atoms with Gasteiger partial charge in [0, 0.05) is 49.5 Å². The molecule has 1 fully saturated rings. The molecule has 13 heteroatoms. The largest absolute Gasteiger partial charge is 0.476 e. The third-order valence-corrected chi connectivity index (χ3v) is 7.54. The van der Waals surface area contributed by atoms with Crippen LogP contribution in [-0.4, -0.2) is 69.0 Å². The van der Waals surface area contributed by atoms with Crippen LogP contribution in [-0.2, 0) is 18.8 Å². The molecule has 0 radical (unpaired) electrons. The SMILES string of the molecule is COC(=O)c1cc(-c2cnn(C)c2OCCN2CCCCC(C)(Nc3cc(Br)ccc3[N+](=O)[O-])C2)c(=O)n(C)c1. The molecule has 2 aromatic heterocycles. The predicted octanol–water partition coefficient (Wildman–Crippen LogP) is 3.98. The maximum absolute atomic E-state index is 12.9. The molecule has 1 atom stereocenters. The fourth-order valence-electron chi connectivity index (χ4n) is 5.08. The average molecular weight is 618 g/mol. The van der Waals surface area contributed by atoms with Crippen LogP contribution in [0.4, 0.5) is 11.4 Å². The Morgan fingerprint density at radius 3 is 2.75 bits per heavy atom. The number of halogens is 1. The van der Waals surface area contributed by atoms with Gasteiger partial charge in [-0.3, -0.25) is 19.8 Å². The van der Waals surface area contributed by atoms with Crippen LogP contribution in [0, 0.1) is 10.1 Å². The summed E-state index contributed by atoms with van der Waals surface area (Å²) >= 11 is 3.42. The highest BCUT2D eigenvalue weighted by molar-refractivity contribution is 9.10. The Morgan fingerprint density at radius 1 is 1.25 bits per heavy atom. The second kappa shape index (κ2) is 12.2.